The van der Waals surface area contributed by atoms with E-state index in [-0.39, 0.29) is 0 Å². The summed E-state index contributed by atoms with van der Waals surface area (Å²) in [7, 11) is 1.85. The largest absolute Gasteiger partial charge is 0.339 e. The van der Waals surface area contributed by atoms with Crippen LogP contribution in [0.15, 0.2) is 30.6 Å². The van der Waals surface area contributed by atoms with Crippen LogP contribution in [0.25, 0.3) is 11.0 Å². The maximum Gasteiger partial charge on any atom is 0.163 e. The summed E-state index contributed by atoms with van der Waals surface area (Å²) in [6.07, 6.45) is 1.50. The average Bonchev–Trinajstić information content (AvgIpc) is 2.75. The van der Waals surface area contributed by atoms with Crippen molar-refractivity contribution in [3.8, 4) is 6.07 Å². The lowest BCUT2D eigenvalue weighted by molar-refractivity contribution is 0.773. The Morgan fingerprint density at radius 2 is 2.15 bits per heavy atom. The fourth-order valence-electron chi connectivity index (χ4n) is 2.18. The second-order valence-electron chi connectivity index (χ2n) is 4.45. The Bertz CT molecular complexity index is 827. The van der Waals surface area contributed by atoms with Crippen LogP contribution >= 0.6 is 0 Å². The molecule has 0 radical (unpaired) electrons. The summed E-state index contributed by atoms with van der Waals surface area (Å²) in [5, 5.41) is 17.4. The first kappa shape index (κ1) is 12.1. The minimum absolute atomic E-state index is 0.600. The van der Waals surface area contributed by atoms with Gasteiger partial charge in [-0.1, -0.05) is 6.07 Å². The molecule has 1 aromatic carbocycles. The summed E-state index contributed by atoms with van der Waals surface area (Å²) in [6, 6.07) is 9.37. The van der Waals surface area contributed by atoms with Crippen LogP contribution < -0.4 is 5.32 Å². The Labute approximate surface area is 115 Å². The Hall–Kier alpha value is -2.94. The molecule has 2 aromatic heterocycles. The van der Waals surface area contributed by atoms with Gasteiger partial charge in [-0.3, -0.25) is 4.68 Å². The van der Waals surface area contributed by atoms with Gasteiger partial charge >= 0.3 is 0 Å². The molecule has 3 rings (SSSR count). The van der Waals surface area contributed by atoms with E-state index in [2.05, 4.69) is 26.5 Å². The molecular formula is C14H12N6. The lowest BCUT2D eigenvalue weighted by Crippen LogP contribution is -1.97. The molecule has 0 unspecified atom stereocenters. The fourth-order valence-corrected chi connectivity index (χ4v) is 2.18. The fraction of sp³-hybridized carbons (Fsp3) is 0.143. The molecule has 6 heteroatoms. The average molecular weight is 264 g/mol. The number of benzene rings is 1. The maximum atomic E-state index is 8.93. The summed E-state index contributed by atoms with van der Waals surface area (Å²) >= 11 is 0. The zero-order valence-corrected chi connectivity index (χ0v) is 11.1. The van der Waals surface area contributed by atoms with Crippen LogP contribution in [-0.2, 0) is 7.05 Å². The van der Waals surface area contributed by atoms with Gasteiger partial charge in [-0.2, -0.15) is 10.4 Å². The van der Waals surface area contributed by atoms with E-state index in [4.69, 9.17) is 5.26 Å². The molecule has 3 aromatic rings. The van der Waals surface area contributed by atoms with Crippen molar-refractivity contribution in [2.75, 3.05) is 5.32 Å². The Balaban J connectivity index is 2.09. The monoisotopic (exact) mass is 264 g/mol. The lowest BCUT2D eigenvalue weighted by atomic mass is 10.2. The SMILES string of the molecule is Cc1nn(C)c2ncnc(Nc3cccc(C#N)c3)c12. The van der Waals surface area contributed by atoms with Crippen molar-refractivity contribution < 1.29 is 0 Å². The van der Waals surface area contributed by atoms with Crippen molar-refractivity contribution in [3.05, 3.63) is 41.9 Å². The van der Waals surface area contributed by atoms with Gasteiger partial charge in [-0.05, 0) is 25.1 Å². The van der Waals surface area contributed by atoms with Crippen molar-refractivity contribution in [2.45, 2.75) is 6.92 Å². The van der Waals surface area contributed by atoms with Crippen LogP contribution in [0.2, 0.25) is 0 Å². The van der Waals surface area contributed by atoms with Crippen LogP contribution in [0.3, 0.4) is 0 Å². The molecule has 0 amide bonds. The third kappa shape index (κ3) is 1.95. The maximum absolute atomic E-state index is 8.93. The van der Waals surface area contributed by atoms with E-state index < -0.39 is 0 Å². The molecule has 0 aliphatic rings. The topological polar surface area (TPSA) is 79.4 Å². The molecule has 0 saturated heterocycles. The molecule has 1 N–H and O–H groups in total. The van der Waals surface area contributed by atoms with Gasteiger partial charge in [0.2, 0.25) is 0 Å². The highest BCUT2D eigenvalue weighted by molar-refractivity contribution is 5.90. The molecule has 20 heavy (non-hydrogen) atoms. The number of aromatic nitrogens is 4. The molecule has 0 aliphatic carbocycles. The first-order valence-electron chi connectivity index (χ1n) is 6.10. The molecule has 0 atom stereocenters. The van der Waals surface area contributed by atoms with Crippen molar-refractivity contribution in [1.29, 1.82) is 5.26 Å². The third-order valence-corrected chi connectivity index (χ3v) is 3.05. The van der Waals surface area contributed by atoms with E-state index in [1.165, 1.54) is 6.33 Å². The zero-order valence-electron chi connectivity index (χ0n) is 11.1. The summed E-state index contributed by atoms with van der Waals surface area (Å²) in [6.45, 7) is 1.92. The molecule has 0 saturated carbocycles. The minimum atomic E-state index is 0.600. The standard InChI is InChI=1S/C14H12N6/c1-9-12-13(16-8-17-14(12)20(2)19-9)18-11-5-3-4-10(6-11)7-15/h3-6,8H,1-2H3,(H,16,17,18). The molecular weight excluding hydrogens is 252 g/mol. The van der Waals surface area contributed by atoms with Gasteiger partial charge in [0.15, 0.2) is 5.65 Å². The van der Waals surface area contributed by atoms with E-state index in [1.54, 1.807) is 16.8 Å². The third-order valence-electron chi connectivity index (χ3n) is 3.05. The first-order valence-corrected chi connectivity index (χ1v) is 6.10. The van der Waals surface area contributed by atoms with E-state index in [1.807, 2.05) is 26.1 Å². The number of nitriles is 1. The van der Waals surface area contributed by atoms with Gasteiger partial charge in [-0.15, -0.1) is 0 Å². The number of hydrogen-bond acceptors (Lipinski definition) is 5. The van der Waals surface area contributed by atoms with Crippen molar-refractivity contribution in [2.24, 2.45) is 7.05 Å². The van der Waals surface area contributed by atoms with Gasteiger partial charge in [0.25, 0.3) is 0 Å². The quantitative estimate of drug-likeness (QED) is 0.768. The Kier molecular flexibility index (Phi) is 2.80. The van der Waals surface area contributed by atoms with Gasteiger partial charge in [-0.25, -0.2) is 9.97 Å². The summed E-state index contributed by atoms with van der Waals surface area (Å²) in [4.78, 5) is 8.51. The highest BCUT2D eigenvalue weighted by Gasteiger charge is 2.12. The van der Waals surface area contributed by atoms with Crippen molar-refractivity contribution in [3.63, 3.8) is 0 Å². The van der Waals surface area contributed by atoms with Crippen LogP contribution in [0.4, 0.5) is 11.5 Å². The number of nitrogens with one attached hydrogen (secondary N) is 1. The zero-order chi connectivity index (χ0) is 14.1. The van der Waals surface area contributed by atoms with Gasteiger partial charge < -0.3 is 5.32 Å². The molecule has 98 valence electrons. The summed E-state index contributed by atoms with van der Waals surface area (Å²) < 4.78 is 1.73. The molecule has 2 heterocycles. The first-order chi connectivity index (χ1) is 9.69. The number of rotatable bonds is 2. The molecule has 6 nitrogen and oxygen atoms in total. The minimum Gasteiger partial charge on any atom is -0.339 e. The number of hydrogen-bond donors (Lipinski definition) is 1. The highest BCUT2D eigenvalue weighted by atomic mass is 15.3. The van der Waals surface area contributed by atoms with E-state index in [0.717, 1.165) is 22.4 Å². The molecule has 0 spiro atoms. The van der Waals surface area contributed by atoms with Crippen molar-refractivity contribution >= 4 is 22.5 Å². The lowest BCUT2D eigenvalue weighted by Gasteiger charge is -2.06. The van der Waals surface area contributed by atoms with Crippen LogP contribution in [0.5, 0.6) is 0 Å². The van der Waals surface area contributed by atoms with E-state index >= 15 is 0 Å². The second kappa shape index (κ2) is 4.63. The second-order valence-corrected chi connectivity index (χ2v) is 4.45. The Morgan fingerprint density at radius 1 is 1.30 bits per heavy atom. The van der Waals surface area contributed by atoms with Crippen LogP contribution in [-0.4, -0.2) is 19.7 Å². The summed E-state index contributed by atoms with van der Waals surface area (Å²) in [5.74, 6) is 0.690. The van der Waals surface area contributed by atoms with E-state index in [9.17, 15) is 0 Å². The van der Waals surface area contributed by atoms with Gasteiger partial charge in [0.05, 0.1) is 22.7 Å². The predicted molar refractivity (Wildman–Crippen MR) is 75.5 cm³/mol. The Morgan fingerprint density at radius 3 is 2.95 bits per heavy atom. The van der Waals surface area contributed by atoms with Crippen LogP contribution in [0.1, 0.15) is 11.3 Å². The van der Waals surface area contributed by atoms with Gasteiger partial charge in [0.1, 0.15) is 12.1 Å². The van der Waals surface area contributed by atoms with Crippen LogP contribution in [0, 0.1) is 18.3 Å². The normalized spacial score (nSPS) is 10.4. The number of aryl methyl sites for hydroxylation is 2. The number of fused-ring (bicyclic) bond motifs is 1. The highest BCUT2D eigenvalue weighted by Crippen LogP contribution is 2.25. The molecule has 0 fully saturated rings. The number of anilines is 2. The van der Waals surface area contributed by atoms with Gasteiger partial charge in [0, 0.05) is 12.7 Å². The molecule has 0 aliphatic heterocycles. The van der Waals surface area contributed by atoms with Crippen molar-refractivity contribution in [1.82, 2.24) is 19.7 Å². The van der Waals surface area contributed by atoms with E-state index in [0.29, 0.717) is 11.4 Å². The number of nitrogens with zero attached hydrogens (tertiary/aromatic N) is 5. The summed E-state index contributed by atoms with van der Waals surface area (Å²) in [5.41, 5.74) is 3.05. The predicted octanol–water partition coefficient (Wildman–Crippen LogP) is 2.29. The smallest absolute Gasteiger partial charge is 0.163 e. The molecule has 0 bridgehead atoms.